The number of ketones is 8. The highest BCUT2D eigenvalue weighted by Crippen LogP contribution is 2.51. The van der Waals surface area contributed by atoms with E-state index in [4.69, 9.17) is 9.47 Å². The van der Waals surface area contributed by atoms with E-state index in [9.17, 15) is 38.4 Å². The summed E-state index contributed by atoms with van der Waals surface area (Å²) in [5, 5.41) is 0. The first-order valence-corrected chi connectivity index (χ1v) is 18.3. The van der Waals surface area contributed by atoms with Crippen LogP contribution in [0.4, 0.5) is 0 Å². The largest absolute Gasteiger partial charge is 0.448 e. The third-order valence-corrected chi connectivity index (χ3v) is 11.6. The Morgan fingerprint density at radius 3 is 0.655 bits per heavy atom. The monoisotopic (exact) mass is 758 g/mol. The average molecular weight is 759 g/mol. The number of benzene rings is 5. The molecule has 0 saturated carbocycles. The Morgan fingerprint density at radius 2 is 0.448 bits per heavy atom. The average Bonchev–Trinajstić information content (AvgIpc) is 3.27. The van der Waals surface area contributed by atoms with Crippen molar-refractivity contribution in [3.8, 4) is 0 Å². The molecule has 0 saturated heterocycles. The minimum absolute atomic E-state index is 0.0913. The van der Waals surface area contributed by atoms with E-state index in [1.807, 2.05) is 0 Å². The van der Waals surface area contributed by atoms with Crippen molar-refractivity contribution in [2.24, 2.45) is 0 Å². The summed E-state index contributed by atoms with van der Waals surface area (Å²) in [6, 6.07) is 31.2. The van der Waals surface area contributed by atoms with Gasteiger partial charge in [-0.1, -0.05) is 121 Å². The lowest BCUT2D eigenvalue weighted by molar-refractivity contribution is 0.0820. The van der Waals surface area contributed by atoms with Gasteiger partial charge in [-0.15, -0.1) is 0 Å². The van der Waals surface area contributed by atoms with Crippen molar-refractivity contribution < 1.29 is 47.8 Å². The molecule has 10 nitrogen and oxygen atoms in total. The molecule has 0 spiro atoms. The van der Waals surface area contributed by atoms with Gasteiger partial charge in [0.1, 0.15) is 0 Å². The molecule has 0 unspecified atom stereocenters. The Kier molecular flexibility index (Phi) is 6.77. The second kappa shape index (κ2) is 11.8. The second-order valence-electron chi connectivity index (χ2n) is 14.5. The molecule has 2 aliphatic heterocycles. The first kappa shape index (κ1) is 33.4. The minimum Gasteiger partial charge on any atom is -0.448 e. The van der Waals surface area contributed by atoms with Crippen LogP contribution in [0.25, 0.3) is 0 Å². The topological polar surface area (TPSA) is 155 Å². The van der Waals surface area contributed by atoms with Gasteiger partial charge >= 0.3 is 0 Å². The molecule has 58 heavy (non-hydrogen) atoms. The van der Waals surface area contributed by atoms with Crippen LogP contribution in [0.2, 0.25) is 0 Å². The van der Waals surface area contributed by atoms with Crippen molar-refractivity contribution in [3.63, 3.8) is 0 Å². The van der Waals surface area contributed by atoms with E-state index in [1.165, 1.54) is 48.5 Å². The predicted octanol–water partition coefficient (Wildman–Crippen LogP) is 7.25. The van der Waals surface area contributed by atoms with Crippen molar-refractivity contribution in [3.05, 3.63) is 222 Å². The zero-order valence-electron chi connectivity index (χ0n) is 29.8. The van der Waals surface area contributed by atoms with Crippen molar-refractivity contribution in [2.75, 3.05) is 0 Å². The van der Waals surface area contributed by atoms with Gasteiger partial charge in [0.25, 0.3) is 0 Å². The van der Waals surface area contributed by atoms with E-state index >= 15 is 0 Å². The SMILES string of the molecule is O=C1C2=C(C(=O)c3ccccc31)C(c1ccc(C3C4=C(OC5=C3C(=O)c3ccccc3C5=O)C(=O)c3ccccc3C4=O)cc1)C1=C(O2)C(=O)c2ccccc2C1=O. The van der Waals surface area contributed by atoms with E-state index in [1.54, 1.807) is 72.8 Å². The minimum atomic E-state index is -1.25. The highest BCUT2D eigenvalue weighted by molar-refractivity contribution is 6.33. The summed E-state index contributed by atoms with van der Waals surface area (Å²) in [7, 11) is 0. The number of allylic oxidation sites excluding steroid dienone is 8. The van der Waals surface area contributed by atoms with Crippen LogP contribution < -0.4 is 0 Å². The van der Waals surface area contributed by atoms with Gasteiger partial charge in [-0.2, -0.15) is 0 Å². The standard InChI is InChI=1S/C48H22O10/c49-37-23-9-1-5-13-27(23)41(53)45-33(37)31(34-38(50)24-10-2-6-14-28(24)42(54)46(34)57-45)21-17-19-22(20-18-21)32-35-39(51)25-11-3-7-15-29(25)43(55)47(35)58-48-36(32)40(52)26-12-4-8-16-30(26)44(48)56/h1-20,31-32H. The molecule has 0 radical (unpaired) electrons. The molecule has 2 heterocycles. The first-order valence-electron chi connectivity index (χ1n) is 18.3. The third-order valence-electron chi connectivity index (χ3n) is 11.6. The van der Waals surface area contributed by atoms with E-state index in [2.05, 4.69) is 0 Å². The fraction of sp³-hybridized carbons (Fsp3) is 0.0417. The summed E-state index contributed by atoms with van der Waals surface area (Å²) in [4.78, 5) is 114. The van der Waals surface area contributed by atoms with Crippen LogP contribution in [-0.2, 0) is 9.47 Å². The molecule has 5 aromatic carbocycles. The van der Waals surface area contributed by atoms with Crippen molar-refractivity contribution in [2.45, 2.75) is 11.8 Å². The lowest BCUT2D eigenvalue weighted by atomic mass is 9.69. The van der Waals surface area contributed by atoms with Crippen LogP contribution in [0.1, 0.15) is 106 Å². The van der Waals surface area contributed by atoms with Crippen LogP contribution in [0.3, 0.4) is 0 Å². The summed E-state index contributed by atoms with van der Waals surface area (Å²) in [5.41, 5.74) is 0.958. The Labute approximate surface area is 327 Å². The fourth-order valence-electron chi connectivity index (χ4n) is 8.98. The van der Waals surface area contributed by atoms with Crippen LogP contribution in [0.5, 0.6) is 0 Å². The van der Waals surface area contributed by atoms with Crippen LogP contribution in [0, 0.1) is 0 Å². The van der Waals surface area contributed by atoms with E-state index < -0.39 is 58.1 Å². The van der Waals surface area contributed by atoms with Gasteiger partial charge in [-0.05, 0) is 11.1 Å². The van der Waals surface area contributed by atoms with Gasteiger partial charge in [0.15, 0.2) is 46.2 Å². The van der Waals surface area contributed by atoms with E-state index in [0.29, 0.717) is 11.1 Å². The first-order chi connectivity index (χ1) is 28.2. The second-order valence-corrected chi connectivity index (χ2v) is 14.5. The molecule has 4 aliphatic carbocycles. The normalized spacial score (nSPS) is 18.5. The van der Waals surface area contributed by atoms with Gasteiger partial charge in [0, 0.05) is 56.3 Å². The molecule has 0 fully saturated rings. The number of carbonyl (C=O) groups excluding carboxylic acids is 8. The number of Topliss-reactive ketones (excluding diaryl/α,β-unsaturated/α-hetero) is 8. The Bertz CT molecular complexity index is 2700. The van der Waals surface area contributed by atoms with Crippen LogP contribution in [0.15, 0.2) is 167 Å². The molecular formula is C48H22O10. The van der Waals surface area contributed by atoms with Gasteiger partial charge in [0.2, 0.25) is 23.1 Å². The number of rotatable bonds is 2. The number of hydrogen-bond acceptors (Lipinski definition) is 10. The maximum Gasteiger partial charge on any atom is 0.229 e. The van der Waals surface area contributed by atoms with Crippen molar-refractivity contribution >= 4 is 46.3 Å². The van der Waals surface area contributed by atoms with Gasteiger partial charge < -0.3 is 9.47 Å². The summed E-state index contributed by atoms with van der Waals surface area (Å²) < 4.78 is 12.0. The van der Waals surface area contributed by atoms with Crippen molar-refractivity contribution in [1.82, 2.24) is 0 Å². The van der Waals surface area contributed by atoms with Crippen molar-refractivity contribution in [1.29, 1.82) is 0 Å². The fourth-order valence-corrected chi connectivity index (χ4v) is 8.98. The smallest absolute Gasteiger partial charge is 0.229 e. The zero-order chi connectivity index (χ0) is 39.7. The lowest BCUT2D eigenvalue weighted by Crippen LogP contribution is -2.37. The molecule has 5 aromatic rings. The summed E-state index contributed by atoms with van der Waals surface area (Å²) in [6.45, 7) is 0. The molecule has 10 heteroatoms. The molecule has 274 valence electrons. The summed E-state index contributed by atoms with van der Waals surface area (Å²) in [6.07, 6.45) is 0. The molecule has 6 aliphatic rings. The lowest BCUT2D eigenvalue weighted by Gasteiger charge is -2.36. The molecule has 11 rings (SSSR count). The quantitative estimate of drug-likeness (QED) is 0.180. The van der Waals surface area contributed by atoms with E-state index in [-0.39, 0.29) is 89.8 Å². The van der Waals surface area contributed by atoms with Crippen LogP contribution in [-0.4, -0.2) is 46.3 Å². The number of hydrogen-bond donors (Lipinski definition) is 0. The van der Waals surface area contributed by atoms with E-state index in [0.717, 1.165) is 0 Å². The molecule has 0 amide bonds. The molecule has 0 atom stereocenters. The molecular weight excluding hydrogens is 737 g/mol. The Balaban J connectivity index is 1.11. The number of fused-ring (bicyclic) bond motifs is 4. The maximum absolute atomic E-state index is 14.4. The third kappa shape index (κ3) is 4.25. The zero-order valence-corrected chi connectivity index (χ0v) is 29.8. The number of carbonyl (C=O) groups is 8. The Hall–Kier alpha value is -7.98. The molecule has 0 aromatic heterocycles. The molecule has 0 bridgehead atoms. The highest BCUT2D eigenvalue weighted by atomic mass is 16.5. The summed E-state index contributed by atoms with van der Waals surface area (Å²) in [5.74, 6) is -8.69. The number of ether oxygens (including phenoxy) is 2. The van der Waals surface area contributed by atoms with Crippen LogP contribution >= 0.6 is 0 Å². The predicted molar refractivity (Wildman–Crippen MR) is 203 cm³/mol. The molecule has 0 N–H and O–H groups in total. The maximum atomic E-state index is 14.4. The summed E-state index contributed by atoms with van der Waals surface area (Å²) >= 11 is 0. The van der Waals surface area contributed by atoms with Gasteiger partial charge in [0.05, 0.1) is 22.3 Å². The Morgan fingerprint density at radius 1 is 0.259 bits per heavy atom. The van der Waals surface area contributed by atoms with Gasteiger partial charge in [-0.3, -0.25) is 38.4 Å². The van der Waals surface area contributed by atoms with Gasteiger partial charge in [-0.25, -0.2) is 0 Å². The highest BCUT2D eigenvalue weighted by Gasteiger charge is 2.51.